The Bertz CT molecular complexity index is 738. The minimum absolute atomic E-state index is 0.327. The monoisotopic (exact) mass is 330 g/mol. The number of fused-ring (bicyclic) bond motifs is 1. The minimum atomic E-state index is -0.379. The first-order chi connectivity index (χ1) is 11.6. The Balaban J connectivity index is 1.41. The Morgan fingerprint density at radius 1 is 1.12 bits per heavy atom. The number of benzene rings is 1. The highest BCUT2D eigenvalue weighted by atomic mass is 19.1. The zero-order valence-corrected chi connectivity index (χ0v) is 13.6. The number of anilines is 1. The molecule has 2 saturated heterocycles. The van der Waals surface area contributed by atoms with Crippen molar-refractivity contribution in [1.29, 1.82) is 0 Å². The molecule has 0 aliphatic carbocycles. The summed E-state index contributed by atoms with van der Waals surface area (Å²) in [4.78, 5) is 13.0. The number of halogens is 2. The molecule has 126 valence electrons. The van der Waals surface area contributed by atoms with Crippen molar-refractivity contribution >= 4 is 5.82 Å². The van der Waals surface area contributed by atoms with Gasteiger partial charge in [0.05, 0.1) is 0 Å². The van der Waals surface area contributed by atoms with Crippen LogP contribution in [-0.4, -0.2) is 41.0 Å². The summed E-state index contributed by atoms with van der Waals surface area (Å²) >= 11 is 0. The molecule has 4 nitrogen and oxygen atoms in total. The van der Waals surface area contributed by atoms with Crippen LogP contribution in [0.15, 0.2) is 30.7 Å². The molecule has 2 aliphatic rings. The summed E-state index contributed by atoms with van der Waals surface area (Å²) in [6, 6.07) is 3.68. The number of hydrogen-bond acceptors (Lipinski definition) is 4. The Labute approximate surface area is 140 Å². The lowest BCUT2D eigenvalue weighted by atomic mass is 10.0. The molecule has 0 radical (unpaired) electrons. The Kier molecular flexibility index (Phi) is 3.92. The van der Waals surface area contributed by atoms with Gasteiger partial charge in [-0.15, -0.1) is 0 Å². The van der Waals surface area contributed by atoms with E-state index in [-0.39, 0.29) is 11.6 Å². The fourth-order valence-corrected chi connectivity index (χ4v) is 4.02. The standard InChI is InChI=1S/C18H20F2N4/c1-12-5-21-11-22-18(12)24-9-14-7-23(8-15(14)10-24)6-13-4-16(19)2-3-17(13)20/h2-5,11,14-15H,6-10H2,1H3. The van der Waals surface area contributed by atoms with Crippen LogP contribution in [0.5, 0.6) is 0 Å². The highest BCUT2D eigenvalue weighted by Crippen LogP contribution is 2.34. The summed E-state index contributed by atoms with van der Waals surface area (Å²) in [5, 5.41) is 0. The van der Waals surface area contributed by atoms with Crippen LogP contribution in [0.2, 0.25) is 0 Å². The molecule has 0 spiro atoms. The van der Waals surface area contributed by atoms with Gasteiger partial charge >= 0.3 is 0 Å². The zero-order valence-electron chi connectivity index (χ0n) is 13.6. The predicted molar refractivity (Wildman–Crippen MR) is 87.6 cm³/mol. The average Bonchev–Trinajstić information content (AvgIpc) is 3.09. The molecule has 24 heavy (non-hydrogen) atoms. The van der Waals surface area contributed by atoms with Crippen molar-refractivity contribution in [2.75, 3.05) is 31.1 Å². The molecule has 1 aromatic heterocycles. The largest absolute Gasteiger partial charge is 0.356 e. The van der Waals surface area contributed by atoms with Crippen molar-refractivity contribution in [2.45, 2.75) is 13.5 Å². The van der Waals surface area contributed by atoms with E-state index in [0.29, 0.717) is 23.9 Å². The molecule has 2 unspecified atom stereocenters. The molecule has 2 atom stereocenters. The van der Waals surface area contributed by atoms with Crippen LogP contribution in [-0.2, 0) is 6.54 Å². The molecule has 0 bridgehead atoms. The summed E-state index contributed by atoms with van der Waals surface area (Å²) in [5.41, 5.74) is 1.54. The third kappa shape index (κ3) is 2.86. The number of rotatable bonds is 3. The molecule has 1 aromatic carbocycles. The van der Waals surface area contributed by atoms with Crippen LogP contribution in [0.3, 0.4) is 0 Å². The first kappa shape index (κ1) is 15.4. The van der Waals surface area contributed by atoms with Crippen LogP contribution < -0.4 is 4.90 Å². The first-order valence-electron chi connectivity index (χ1n) is 8.28. The van der Waals surface area contributed by atoms with Crippen molar-refractivity contribution < 1.29 is 8.78 Å². The van der Waals surface area contributed by atoms with E-state index in [4.69, 9.17) is 0 Å². The second-order valence-corrected chi connectivity index (χ2v) is 6.88. The lowest BCUT2D eigenvalue weighted by Crippen LogP contribution is -2.29. The lowest BCUT2D eigenvalue weighted by molar-refractivity contribution is 0.303. The fourth-order valence-electron chi connectivity index (χ4n) is 4.02. The second kappa shape index (κ2) is 6.09. The molecule has 0 N–H and O–H groups in total. The van der Waals surface area contributed by atoms with E-state index in [1.807, 2.05) is 13.1 Å². The minimum Gasteiger partial charge on any atom is -0.356 e. The molecule has 0 saturated carbocycles. The molecule has 0 amide bonds. The maximum atomic E-state index is 13.8. The Morgan fingerprint density at radius 2 is 1.88 bits per heavy atom. The van der Waals surface area contributed by atoms with Gasteiger partial charge in [0.15, 0.2) is 0 Å². The van der Waals surface area contributed by atoms with E-state index in [0.717, 1.165) is 37.6 Å². The normalized spacial score (nSPS) is 23.7. The number of likely N-dealkylation sites (tertiary alicyclic amines) is 1. The maximum Gasteiger partial charge on any atom is 0.134 e. The van der Waals surface area contributed by atoms with Crippen molar-refractivity contribution in [1.82, 2.24) is 14.9 Å². The molecule has 3 heterocycles. The Hall–Kier alpha value is -2.08. The first-order valence-corrected chi connectivity index (χ1v) is 8.28. The van der Waals surface area contributed by atoms with Gasteiger partial charge in [-0.05, 0) is 37.0 Å². The van der Waals surface area contributed by atoms with Crippen molar-refractivity contribution in [3.8, 4) is 0 Å². The third-order valence-electron chi connectivity index (χ3n) is 5.13. The average molecular weight is 330 g/mol. The summed E-state index contributed by atoms with van der Waals surface area (Å²) in [6.07, 6.45) is 3.44. The topological polar surface area (TPSA) is 32.3 Å². The van der Waals surface area contributed by atoms with Crippen molar-refractivity contribution in [2.24, 2.45) is 11.8 Å². The van der Waals surface area contributed by atoms with E-state index < -0.39 is 0 Å². The SMILES string of the molecule is Cc1cncnc1N1CC2CN(Cc3cc(F)ccc3F)CC2C1. The number of aryl methyl sites for hydroxylation is 1. The van der Waals surface area contributed by atoms with Gasteiger partial charge in [0, 0.05) is 50.0 Å². The predicted octanol–water partition coefficient (Wildman–Crippen LogP) is 2.63. The summed E-state index contributed by atoms with van der Waals surface area (Å²) in [7, 11) is 0. The van der Waals surface area contributed by atoms with E-state index in [2.05, 4.69) is 19.8 Å². The molecule has 2 fully saturated rings. The van der Waals surface area contributed by atoms with Gasteiger partial charge < -0.3 is 4.90 Å². The molecular formula is C18H20F2N4. The van der Waals surface area contributed by atoms with Gasteiger partial charge in [-0.2, -0.15) is 0 Å². The highest BCUT2D eigenvalue weighted by Gasteiger charge is 2.40. The molecule has 2 aromatic rings. The van der Waals surface area contributed by atoms with Crippen LogP contribution in [0.25, 0.3) is 0 Å². The Morgan fingerprint density at radius 3 is 2.58 bits per heavy atom. The second-order valence-electron chi connectivity index (χ2n) is 6.88. The quantitative estimate of drug-likeness (QED) is 0.866. The maximum absolute atomic E-state index is 13.8. The number of nitrogens with zero attached hydrogens (tertiary/aromatic N) is 4. The molecule has 4 rings (SSSR count). The van der Waals surface area contributed by atoms with Crippen LogP contribution in [0, 0.1) is 30.4 Å². The lowest BCUT2D eigenvalue weighted by Gasteiger charge is -2.23. The number of hydrogen-bond donors (Lipinski definition) is 0. The van der Waals surface area contributed by atoms with Crippen LogP contribution in [0.1, 0.15) is 11.1 Å². The number of aromatic nitrogens is 2. The van der Waals surface area contributed by atoms with Crippen molar-refractivity contribution in [3.05, 3.63) is 53.5 Å². The zero-order chi connectivity index (χ0) is 16.7. The fraction of sp³-hybridized carbons (Fsp3) is 0.444. The van der Waals surface area contributed by atoms with Crippen LogP contribution in [0.4, 0.5) is 14.6 Å². The molecule has 2 aliphatic heterocycles. The third-order valence-corrected chi connectivity index (χ3v) is 5.13. The summed E-state index contributed by atoms with van der Waals surface area (Å²) in [5.74, 6) is 1.41. The van der Waals surface area contributed by atoms with Gasteiger partial charge in [0.2, 0.25) is 0 Å². The molecular weight excluding hydrogens is 310 g/mol. The van der Waals surface area contributed by atoms with E-state index in [1.54, 1.807) is 6.33 Å². The molecule has 6 heteroatoms. The van der Waals surface area contributed by atoms with E-state index in [1.165, 1.54) is 18.2 Å². The summed E-state index contributed by atoms with van der Waals surface area (Å²) in [6.45, 7) is 6.27. The van der Waals surface area contributed by atoms with E-state index in [9.17, 15) is 8.78 Å². The van der Waals surface area contributed by atoms with Gasteiger partial charge in [-0.3, -0.25) is 4.90 Å². The van der Waals surface area contributed by atoms with Gasteiger partial charge in [-0.25, -0.2) is 18.7 Å². The van der Waals surface area contributed by atoms with Crippen LogP contribution >= 0.6 is 0 Å². The highest BCUT2D eigenvalue weighted by molar-refractivity contribution is 5.46. The van der Waals surface area contributed by atoms with Gasteiger partial charge in [0.25, 0.3) is 0 Å². The van der Waals surface area contributed by atoms with Crippen molar-refractivity contribution in [3.63, 3.8) is 0 Å². The summed E-state index contributed by atoms with van der Waals surface area (Å²) < 4.78 is 27.1. The van der Waals surface area contributed by atoms with E-state index >= 15 is 0 Å². The van der Waals surface area contributed by atoms with Gasteiger partial charge in [0.1, 0.15) is 23.8 Å². The smallest absolute Gasteiger partial charge is 0.134 e. The van der Waals surface area contributed by atoms with Gasteiger partial charge in [-0.1, -0.05) is 0 Å².